The Morgan fingerprint density at radius 3 is 2.34 bits per heavy atom. The first-order valence-electron chi connectivity index (χ1n) is 14.3. The molecule has 8 rings (SSSR count). The average molecular weight is 585 g/mol. The summed E-state index contributed by atoms with van der Waals surface area (Å²) >= 11 is 1.76. The van der Waals surface area contributed by atoms with Gasteiger partial charge in [-0.1, -0.05) is 109 Å². The van der Waals surface area contributed by atoms with Crippen LogP contribution in [0.1, 0.15) is 16.7 Å². The van der Waals surface area contributed by atoms with Gasteiger partial charge >= 0.3 is 0 Å². The highest BCUT2D eigenvalue weighted by molar-refractivity contribution is 7.26. The largest absolute Gasteiger partial charge is 0.436 e. The standard InChI is InChI=1S/C38H24N4OS/c39-36(42-37(25-12-5-2-6-13-25)40-23-24-10-3-1-4-11-24)27-18-20-28-26(22-27)19-21-32-34(28)41-38(43-32)31-16-9-15-30-29-14-7-8-17-33(29)44-35(30)31/h1-23,39H. The van der Waals surface area contributed by atoms with Crippen LogP contribution in [0, 0.1) is 5.41 Å². The van der Waals surface area contributed by atoms with E-state index in [9.17, 15) is 0 Å². The molecule has 8 aromatic rings. The number of nitrogens with one attached hydrogen (secondary N) is 1. The molecule has 0 atom stereocenters. The van der Waals surface area contributed by atoms with Gasteiger partial charge in [-0.25, -0.2) is 15.0 Å². The lowest BCUT2D eigenvalue weighted by atomic mass is 10.1. The number of hydrogen-bond acceptors (Lipinski definition) is 4. The van der Waals surface area contributed by atoms with Crippen molar-refractivity contribution in [2.45, 2.75) is 0 Å². The van der Waals surface area contributed by atoms with Gasteiger partial charge in [-0.15, -0.1) is 11.3 Å². The molecular weight excluding hydrogens is 561 g/mol. The van der Waals surface area contributed by atoms with Crippen molar-refractivity contribution in [2.24, 2.45) is 9.98 Å². The van der Waals surface area contributed by atoms with E-state index in [2.05, 4.69) is 52.4 Å². The molecule has 208 valence electrons. The van der Waals surface area contributed by atoms with Crippen LogP contribution in [0.5, 0.6) is 0 Å². The van der Waals surface area contributed by atoms with Gasteiger partial charge in [0.2, 0.25) is 5.89 Å². The fourth-order valence-electron chi connectivity index (χ4n) is 5.50. The van der Waals surface area contributed by atoms with Crippen molar-refractivity contribution in [3.05, 3.63) is 150 Å². The first kappa shape index (κ1) is 25.9. The number of rotatable bonds is 4. The summed E-state index contributed by atoms with van der Waals surface area (Å²) in [4.78, 5) is 14.3. The van der Waals surface area contributed by atoms with Crippen LogP contribution < -0.4 is 0 Å². The average Bonchev–Trinajstić information content (AvgIpc) is 3.69. The molecule has 2 heterocycles. The molecule has 0 fully saturated rings. The molecule has 0 radical (unpaired) electrons. The fourth-order valence-corrected chi connectivity index (χ4v) is 6.71. The minimum absolute atomic E-state index is 0.133. The Morgan fingerprint density at radius 1 is 0.705 bits per heavy atom. The maximum atomic E-state index is 8.88. The van der Waals surface area contributed by atoms with Crippen LogP contribution in [-0.2, 0) is 0 Å². The Morgan fingerprint density at radius 2 is 1.48 bits per heavy atom. The Labute approximate surface area is 257 Å². The first-order valence-corrected chi connectivity index (χ1v) is 15.1. The second-order valence-corrected chi connectivity index (χ2v) is 11.5. The van der Waals surface area contributed by atoms with E-state index in [0.29, 0.717) is 17.3 Å². The smallest absolute Gasteiger partial charge is 0.228 e. The minimum Gasteiger partial charge on any atom is -0.436 e. The number of thiophene rings is 1. The highest BCUT2D eigenvalue weighted by Crippen LogP contribution is 2.40. The van der Waals surface area contributed by atoms with Crippen molar-refractivity contribution in [1.29, 1.82) is 5.41 Å². The van der Waals surface area contributed by atoms with Crippen LogP contribution >= 0.6 is 11.3 Å². The lowest BCUT2D eigenvalue weighted by Gasteiger charge is -2.05. The summed E-state index contributed by atoms with van der Waals surface area (Å²) < 4.78 is 8.74. The van der Waals surface area contributed by atoms with Gasteiger partial charge in [0.05, 0.1) is 5.56 Å². The number of nitrogens with zero attached hydrogens (tertiary/aromatic N) is 3. The van der Waals surface area contributed by atoms with Crippen molar-refractivity contribution in [3.8, 4) is 11.5 Å². The number of hydrogen-bond donors (Lipinski definition) is 1. The summed E-state index contributed by atoms with van der Waals surface area (Å²) in [5.41, 5.74) is 5.02. The summed E-state index contributed by atoms with van der Waals surface area (Å²) in [5, 5.41) is 13.3. The van der Waals surface area contributed by atoms with Crippen LogP contribution in [0.3, 0.4) is 0 Å². The SMILES string of the molecule is N=C(N=C(N=Cc1ccccc1)c1ccccc1)c1ccc2c(ccc3oc(-c4cccc5c4sc4ccccc45)nc32)c1. The van der Waals surface area contributed by atoms with Gasteiger partial charge in [0.1, 0.15) is 5.52 Å². The van der Waals surface area contributed by atoms with E-state index in [-0.39, 0.29) is 5.84 Å². The molecular formula is C38H24N4OS. The second kappa shape index (κ2) is 10.8. The highest BCUT2D eigenvalue weighted by atomic mass is 32.1. The van der Waals surface area contributed by atoms with E-state index < -0.39 is 0 Å². The zero-order chi connectivity index (χ0) is 29.5. The zero-order valence-electron chi connectivity index (χ0n) is 23.4. The monoisotopic (exact) mass is 584 g/mol. The molecule has 5 nitrogen and oxygen atoms in total. The summed E-state index contributed by atoms with van der Waals surface area (Å²) in [7, 11) is 0. The fraction of sp³-hybridized carbons (Fsp3) is 0. The van der Waals surface area contributed by atoms with E-state index >= 15 is 0 Å². The zero-order valence-corrected chi connectivity index (χ0v) is 24.3. The van der Waals surface area contributed by atoms with E-state index in [4.69, 9.17) is 14.8 Å². The van der Waals surface area contributed by atoms with E-state index in [0.717, 1.165) is 38.6 Å². The minimum atomic E-state index is 0.133. The van der Waals surface area contributed by atoms with Gasteiger partial charge < -0.3 is 4.42 Å². The van der Waals surface area contributed by atoms with Crippen LogP contribution in [0.15, 0.2) is 148 Å². The summed E-state index contributed by atoms with van der Waals surface area (Å²) in [6.07, 6.45) is 1.78. The second-order valence-electron chi connectivity index (χ2n) is 10.5. The highest BCUT2D eigenvalue weighted by Gasteiger charge is 2.17. The molecule has 44 heavy (non-hydrogen) atoms. The number of amidine groups is 2. The van der Waals surface area contributed by atoms with Crippen molar-refractivity contribution in [3.63, 3.8) is 0 Å². The van der Waals surface area contributed by atoms with Crippen molar-refractivity contribution in [2.75, 3.05) is 0 Å². The van der Waals surface area contributed by atoms with Crippen LogP contribution in [0.4, 0.5) is 0 Å². The van der Waals surface area contributed by atoms with Crippen molar-refractivity contribution in [1.82, 2.24) is 4.98 Å². The van der Waals surface area contributed by atoms with Crippen molar-refractivity contribution < 1.29 is 4.42 Å². The Hall–Kier alpha value is -5.72. The van der Waals surface area contributed by atoms with Gasteiger partial charge in [-0.3, -0.25) is 5.41 Å². The number of benzene rings is 6. The molecule has 1 N–H and O–H groups in total. The molecule has 0 saturated carbocycles. The van der Waals surface area contributed by atoms with Gasteiger partial charge in [0.25, 0.3) is 0 Å². The molecule has 0 aliphatic heterocycles. The van der Waals surface area contributed by atoms with Gasteiger partial charge in [0.15, 0.2) is 17.3 Å². The van der Waals surface area contributed by atoms with Crippen molar-refractivity contribution >= 4 is 71.3 Å². The molecule has 2 aromatic heterocycles. The van der Waals surface area contributed by atoms with Crippen LogP contribution in [0.2, 0.25) is 0 Å². The van der Waals surface area contributed by atoms with Crippen LogP contribution in [-0.4, -0.2) is 22.9 Å². The molecule has 6 aromatic carbocycles. The maximum absolute atomic E-state index is 8.88. The van der Waals surface area contributed by atoms with Crippen LogP contribution in [0.25, 0.3) is 53.5 Å². The lowest BCUT2D eigenvalue weighted by molar-refractivity contribution is 0.621. The molecule has 6 heteroatoms. The summed E-state index contributed by atoms with van der Waals surface area (Å²) in [5.74, 6) is 1.22. The number of aliphatic imine (C=N–C) groups is 2. The number of fused-ring (bicyclic) bond motifs is 6. The third-order valence-electron chi connectivity index (χ3n) is 7.67. The predicted octanol–water partition coefficient (Wildman–Crippen LogP) is 9.91. The summed E-state index contributed by atoms with van der Waals surface area (Å²) in [6, 6.07) is 44.2. The first-order chi connectivity index (χ1) is 21.7. The molecule has 0 aliphatic carbocycles. The van der Waals surface area contributed by atoms with E-state index in [1.165, 1.54) is 20.2 Å². The topological polar surface area (TPSA) is 74.6 Å². The Bertz CT molecular complexity index is 2400. The Balaban J connectivity index is 1.17. The molecule has 0 aliphatic rings. The summed E-state index contributed by atoms with van der Waals surface area (Å²) in [6.45, 7) is 0. The van der Waals surface area contributed by atoms with Gasteiger partial charge in [-0.05, 0) is 35.2 Å². The maximum Gasteiger partial charge on any atom is 0.228 e. The quantitative estimate of drug-likeness (QED) is 0.165. The molecule has 0 unspecified atom stereocenters. The third kappa shape index (κ3) is 4.68. The normalized spacial score (nSPS) is 12.2. The van der Waals surface area contributed by atoms with E-state index in [1.54, 1.807) is 17.6 Å². The third-order valence-corrected chi connectivity index (χ3v) is 8.89. The number of aromatic nitrogens is 1. The number of oxazole rings is 1. The molecule has 0 amide bonds. The van der Waals surface area contributed by atoms with E-state index in [1.807, 2.05) is 91.0 Å². The predicted molar refractivity (Wildman–Crippen MR) is 184 cm³/mol. The van der Waals surface area contributed by atoms with Gasteiger partial charge in [0, 0.05) is 42.9 Å². The lowest BCUT2D eigenvalue weighted by Crippen LogP contribution is -2.04. The van der Waals surface area contributed by atoms with Gasteiger partial charge in [-0.2, -0.15) is 0 Å². The Kier molecular flexibility index (Phi) is 6.39. The molecule has 0 bridgehead atoms. The molecule has 0 spiro atoms. The molecule has 0 saturated heterocycles.